The van der Waals surface area contributed by atoms with E-state index in [2.05, 4.69) is 63.7 Å². The molecule has 0 radical (unpaired) electrons. The minimum Gasteiger partial charge on any atom is -0.493 e. The first-order valence-corrected chi connectivity index (χ1v) is 22.1. The van der Waals surface area contributed by atoms with E-state index in [1.165, 1.54) is 12.6 Å². The largest absolute Gasteiger partial charge is 0.493 e. The average Bonchev–Trinajstić information content (AvgIpc) is 3.91. The number of amides is 3. The molecule has 0 spiro atoms. The summed E-state index contributed by atoms with van der Waals surface area (Å²) in [6.45, 7) is 19.0. The average molecular weight is 855 g/mol. The number of anilines is 3. The Balaban J connectivity index is 0.00000293. The summed E-state index contributed by atoms with van der Waals surface area (Å²) < 4.78 is 9.46. The predicted molar refractivity (Wildman–Crippen MR) is 247 cm³/mol. The van der Waals surface area contributed by atoms with Gasteiger partial charge in [0.2, 0.25) is 11.9 Å². The van der Waals surface area contributed by atoms with Gasteiger partial charge >= 0.3 is 0 Å². The number of carbonyl (C=O) groups is 3. The smallest absolute Gasteiger partial charge is 0.278 e. The highest BCUT2D eigenvalue weighted by atomic mass is 16.5. The second kappa shape index (κ2) is 20.1. The molecule has 2 aromatic carbocycles. The number of fused-ring (bicyclic) bond motifs is 3. The number of rotatable bonds is 17. The van der Waals surface area contributed by atoms with Gasteiger partial charge in [-0.15, -0.1) is 13.2 Å². The van der Waals surface area contributed by atoms with Crippen LogP contribution in [0.15, 0.2) is 90.9 Å². The molecule has 15 nitrogen and oxygen atoms in total. The van der Waals surface area contributed by atoms with Crippen LogP contribution in [0.4, 0.5) is 17.3 Å². The summed E-state index contributed by atoms with van der Waals surface area (Å²) in [5, 5.41) is 6.31. The molecule has 1 aliphatic carbocycles. The Morgan fingerprint density at radius 2 is 1.73 bits per heavy atom. The fourth-order valence-electron chi connectivity index (χ4n) is 8.60. The molecule has 8 rings (SSSR count). The number of benzene rings is 2. The van der Waals surface area contributed by atoms with Crippen LogP contribution in [0.25, 0.3) is 16.9 Å². The minimum absolute atomic E-state index is 0.193. The third-order valence-electron chi connectivity index (χ3n) is 11.9. The Bertz CT molecular complexity index is 2540. The van der Waals surface area contributed by atoms with Gasteiger partial charge in [0.05, 0.1) is 24.3 Å². The standard InChI is InChI=1S/C46H52N10O5.C2H6/c1-5-7-12-36(42(57)47-4)55-44(59)34-11-10-13-37(39(34)45(55)60)61-28-9-8-23-52-24-26-53(27-25-52)33-19-17-32(18-20-33)49-46-48-29-35-41(51-46)56(54(22-6-2)43(35)58)38-21-16-31-15-14-30(3)40(31)50-38;1-2/h5-6,10-11,13,16-21,29-30,36H,1-2,7-9,12,14-15,22-28H2,3-4H3,(H,47,57)(H,48,49,51);1-2H3. The van der Waals surface area contributed by atoms with Gasteiger partial charge in [-0.3, -0.25) is 29.0 Å². The van der Waals surface area contributed by atoms with Crippen LogP contribution in [0.3, 0.4) is 0 Å². The summed E-state index contributed by atoms with van der Waals surface area (Å²) >= 11 is 0. The molecule has 330 valence electrons. The van der Waals surface area contributed by atoms with Crippen LogP contribution < -0.4 is 25.8 Å². The molecule has 3 aliphatic rings. The Hall–Kier alpha value is -6.61. The molecule has 1 fully saturated rings. The molecule has 5 heterocycles. The van der Waals surface area contributed by atoms with Crippen molar-refractivity contribution < 1.29 is 19.1 Å². The number of pyridine rings is 1. The lowest BCUT2D eigenvalue weighted by Gasteiger charge is -2.36. The number of aryl methyl sites for hydroxylation is 1. The molecule has 63 heavy (non-hydrogen) atoms. The predicted octanol–water partition coefficient (Wildman–Crippen LogP) is 6.64. The van der Waals surface area contributed by atoms with Crippen molar-refractivity contribution in [3.8, 4) is 11.6 Å². The fourth-order valence-corrected chi connectivity index (χ4v) is 8.60. The van der Waals surface area contributed by atoms with Crippen LogP contribution in [0.1, 0.15) is 90.8 Å². The highest BCUT2D eigenvalue weighted by Crippen LogP contribution is 2.34. The Morgan fingerprint density at radius 3 is 2.46 bits per heavy atom. The second-order valence-corrected chi connectivity index (χ2v) is 15.8. The highest BCUT2D eigenvalue weighted by Gasteiger charge is 2.44. The van der Waals surface area contributed by atoms with Crippen molar-refractivity contribution >= 4 is 46.1 Å². The van der Waals surface area contributed by atoms with Crippen molar-refractivity contribution in [2.24, 2.45) is 0 Å². The lowest BCUT2D eigenvalue weighted by Crippen LogP contribution is -2.48. The zero-order valence-corrected chi connectivity index (χ0v) is 36.8. The van der Waals surface area contributed by atoms with Crippen LogP contribution in [0.2, 0.25) is 0 Å². The van der Waals surface area contributed by atoms with Gasteiger partial charge in [0, 0.05) is 56.5 Å². The van der Waals surface area contributed by atoms with E-state index in [0.29, 0.717) is 60.5 Å². The van der Waals surface area contributed by atoms with Gasteiger partial charge in [0.1, 0.15) is 17.2 Å². The van der Waals surface area contributed by atoms with E-state index in [-0.39, 0.29) is 16.7 Å². The molecule has 3 aromatic heterocycles. The molecule has 2 N–H and O–H groups in total. The summed E-state index contributed by atoms with van der Waals surface area (Å²) in [6, 6.07) is 16.4. The van der Waals surface area contributed by atoms with Gasteiger partial charge in [0.25, 0.3) is 17.4 Å². The maximum absolute atomic E-state index is 13.5. The molecule has 0 saturated carbocycles. The molecular formula is C48H58N10O5. The third-order valence-corrected chi connectivity index (χ3v) is 11.9. The summed E-state index contributed by atoms with van der Waals surface area (Å²) in [7, 11) is 1.49. The van der Waals surface area contributed by atoms with Crippen LogP contribution >= 0.6 is 0 Å². The van der Waals surface area contributed by atoms with Crippen LogP contribution in [0.5, 0.6) is 5.75 Å². The van der Waals surface area contributed by atoms with E-state index in [1.807, 2.05) is 32.0 Å². The van der Waals surface area contributed by atoms with Crippen molar-refractivity contribution in [3.05, 3.63) is 119 Å². The molecule has 2 atom stereocenters. The number of carbonyl (C=O) groups excluding carboxylic acids is 3. The van der Waals surface area contributed by atoms with E-state index >= 15 is 0 Å². The van der Waals surface area contributed by atoms with E-state index in [1.54, 1.807) is 45.9 Å². The monoisotopic (exact) mass is 854 g/mol. The Kier molecular flexibility index (Phi) is 14.1. The normalized spacial score (nSPS) is 16.3. The van der Waals surface area contributed by atoms with Gasteiger partial charge in [-0.25, -0.2) is 19.3 Å². The molecular weight excluding hydrogens is 797 g/mol. The molecule has 1 saturated heterocycles. The highest BCUT2D eigenvalue weighted by molar-refractivity contribution is 6.24. The molecule has 15 heteroatoms. The van der Waals surface area contributed by atoms with Crippen molar-refractivity contribution in [1.82, 2.24) is 39.4 Å². The number of nitrogens with one attached hydrogen (secondary N) is 2. The first-order valence-electron chi connectivity index (χ1n) is 22.1. The number of hydrogen-bond acceptors (Lipinski definition) is 11. The second-order valence-electron chi connectivity index (χ2n) is 15.8. The van der Waals surface area contributed by atoms with Gasteiger partial charge in [-0.2, -0.15) is 4.98 Å². The molecule has 5 aromatic rings. The number of allylic oxidation sites excluding steroid dienone is 2. The van der Waals surface area contributed by atoms with E-state index < -0.39 is 23.8 Å². The van der Waals surface area contributed by atoms with Crippen molar-refractivity contribution in [2.75, 3.05) is 56.6 Å². The topological polar surface area (TPSA) is 160 Å². The van der Waals surface area contributed by atoms with E-state index in [0.717, 1.165) is 80.4 Å². The first-order chi connectivity index (χ1) is 30.7. The quantitative estimate of drug-likeness (QED) is 0.0587. The molecule has 0 bridgehead atoms. The SMILES string of the molecule is C=CCCC(C(=O)NC)N1C(=O)c2cccc(OCCCCN3CCN(c4ccc(Nc5ncc6c(=O)n(CC=C)n(-c7ccc8c(n7)C(C)CC8)c6n5)cc4)CC3)c2C1=O.CC. The van der Waals surface area contributed by atoms with Crippen molar-refractivity contribution in [1.29, 1.82) is 0 Å². The number of aromatic nitrogens is 5. The number of likely N-dealkylation sites (N-methyl/N-ethyl adjacent to an activating group) is 1. The lowest BCUT2D eigenvalue weighted by molar-refractivity contribution is -0.124. The van der Waals surface area contributed by atoms with Gasteiger partial charge < -0.3 is 20.3 Å². The van der Waals surface area contributed by atoms with Gasteiger partial charge in [-0.05, 0) is 99.0 Å². The summed E-state index contributed by atoms with van der Waals surface area (Å²) in [6.07, 6.45) is 9.49. The third kappa shape index (κ3) is 9.15. The fraction of sp³-hybridized carbons (Fsp3) is 0.396. The molecule has 3 amide bonds. The van der Waals surface area contributed by atoms with Crippen molar-refractivity contribution in [3.63, 3.8) is 0 Å². The minimum atomic E-state index is -0.920. The number of ether oxygens (including phenoxy) is 1. The number of piperazine rings is 1. The first kappa shape index (κ1) is 44.4. The molecule has 2 aliphatic heterocycles. The zero-order chi connectivity index (χ0) is 44.6. The number of hydrogen-bond donors (Lipinski definition) is 2. The van der Waals surface area contributed by atoms with Crippen molar-refractivity contribution in [2.45, 2.75) is 77.8 Å². The maximum Gasteiger partial charge on any atom is 0.278 e. The summed E-state index contributed by atoms with van der Waals surface area (Å²) in [4.78, 5) is 73.1. The maximum atomic E-state index is 13.5. The number of imide groups is 1. The Morgan fingerprint density at radius 1 is 0.952 bits per heavy atom. The van der Waals surface area contributed by atoms with Gasteiger partial charge in [-0.1, -0.05) is 45.1 Å². The lowest BCUT2D eigenvalue weighted by atomic mass is 10.1. The summed E-state index contributed by atoms with van der Waals surface area (Å²) in [5.41, 5.74) is 5.05. The van der Waals surface area contributed by atoms with Gasteiger partial charge in [0.15, 0.2) is 11.5 Å². The number of unbranched alkanes of at least 4 members (excludes halogenated alkanes) is 1. The van der Waals surface area contributed by atoms with E-state index in [9.17, 15) is 19.2 Å². The Labute approximate surface area is 368 Å². The van der Waals surface area contributed by atoms with E-state index in [4.69, 9.17) is 14.7 Å². The molecule has 2 unspecified atom stereocenters. The van der Waals surface area contributed by atoms with Crippen LogP contribution in [0, 0.1) is 0 Å². The van der Waals surface area contributed by atoms with Crippen LogP contribution in [-0.4, -0.2) is 104 Å². The zero-order valence-electron chi connectivity index (χ0n) is 36.8. The number of nitrogens with zero attached hydrogens (tertiary/aromatic N) is 8. The van der Waals surface area contributed by atoms with Crippen LogP contribution in [-0.2, 0) is 17.8 Å². The summed E-state index contributed by atoms with van der Waals surface area (Å²) in [5.74, 6) is 0.370.